The molecule has 8 nitrogen and oxygen atoms in total. The first-order valence-corrected chi connectivity index (χ1v) is 10.9. The first-order chi connectivity index (χ1) is 15.6. The maximum atomic E-state index is 12.9. The molecule has 0 saturated carbocycles. The van der Waals surface area contributed by atoms with Crippen molar-refractivity contribution < 1.29 is 18.8 Å². The van der Waals surface area contributed by atoms with Gasteiger partial charge in [0.1, 0.15) is 11.5 Å². The van der Waals surface area contributed by atoms with Gasteiger partial charge >= 0.3 is 0 Å². The summed E-state index contributed by atoms with van der Waals surface area (Å²) in [6.07, 6.45) is 7.50. The fourth-order valence-electron chi connectivity index (χ4n) is 4.08. The van der Waals surface area contributed by atoms with Crippen molar-refractivity contribution in [1.82, 2.24) is 20.0 Å². The number of aryl methyl sites for hydroxylation is 1. The fourth-order valence-corrected chi connectivity index (χ4v) is 4.08. The van der Waals surface area contributed by atoms with Gasteiger partial charge in [0.15, 0.2) is 5.82 Å². The molecule has 1 amide bonds. The van der Waals surface area contributed by atoms with E-state index < -0.39 is 0 Å². The first kappa shape index (κ1) is 21.8. The lowest BCUT2D eigenvalue weighted by atomic mass is 9.93. The maximum absolute atomic E-state index is 12.9. The molecule has 4 rings (SSSR count). The maximum Gasteiger partial charge on any atom is 0.259 e. The van der Waals surface area contributed by atoms with E-state index >= 15 is 0 Å². The van der Waals surface area contributed by atoms with Crippen molar-refractivity contribution in [2.24, 2.45) is 5.92 Å². The molecule has 2 aromatic heterocycles. The Balaban J connectivity index is 1.32. The van der Waals surface area contributed by atoms with E-state index in [1.54, 1.807) is 26.6 Å². The molecule has 0 radical (unpaired) electrons. The zero-order valence-electron chi connectivity index (χ0n) is 18.5. The van der Waals surface area contributed by atoms with Crippen LogP contribution in [0, 0.1) is 5.92 Å². The molecule has 1 fully saturated rings. The molecule has 3 heterocycles. The van der Waals surface area contributed by atoms with E-state index in [1.807, 2.05) is 35.2 Å². The normalized spacial score (nSPS) is 16.1. The summed E-state index contributed by atoms with van der Waals surface area (Å²) in [6.45, 7) is 1.55. The third kappa shape index (κ3) is 5.43. The smallest absolute Gasteiger partial charge is 0.259 e. The van der Waals surface area contributed by atoms with Gasteiger partial charge in [-0.15, -0.1) is 0 Å². The lowest BCUT2D eigenvalue weighted by Crippen LogP contribution is -2.40. The summed E-state index contributed by atoms with van der Waals surface area (Å²) in [5, 5.41) is 4.10. The number of nitrogens with zero attached hydrogens (tertiary/aromatic N) is 4. The zero-order chi connectivity index (χ0) is 22.3. The molecule has 1 atom stereocenters. The number of methoxy groups -OCH3 is 2. The first-order valence-electron chi connectivity index (χ1n) is 10.9. The zero-order valence-corrected chi connectivity index (χ0v) is 18.5. The number of ether oxygens (including phenoxy) is 2. The van der Waals surface area contributed by atoms with E-state index in [9.17, 15) is 4.79 Å². The van der Waals surface area contributed by atoms with Gasteiger partial charge in [0.2, 0.25) is 5.91 Å². The number of carbonyl (C=O) groups is 1. The molecule has 0 bridgehead atoms. The molecule has 0 N–H and O–H groups in total. The third-order valence-electron chi connectivity index (χ3n) is 5.79. The average Bonchev–Trinajstić information content (AvgIpc) is 3.32. The highest BCUT2D eigenvalue weighted by molar-refractivity contribution is 5.79. The van der Waals surface area contributed by atoms with Crippen LogP contribution in [0.3, 0.4) is 0 Å². The van der Waals surface area contributed by atoms with E-state index in [4.69, 9.17) is 14.0 Å². The van der Waals surface area contributed by atoms with Crippen LogP contribution in [0.15, 0.2) is 47.2 Å². The van der Waals surface area contributed by atoms with Gasteiger partial charge in [0, 0.05) is 38.0 Å². The van der Waals surface area contributed by atoms with E-state index in [1.165, 1.54) is 0 Å². The Bertz CT molecular complexity index is 1020. The van der Waals surface area contributed by atoms with Crippen molar-refractivity contribution in [3.63, 3.8) is 0 Å². The minimum atomic E-state index is 0.128. The largest absolute Gasteiger partial charge is 0.497 e. The Morgan fingerprint density at radius 3 is 2.75 bits per heavy atom. The van der Waals surface area contributed by atoms with Gasteiger partial charge in [0.25, 0.3) is 5.89 Å². The van der Waals surface area contributed by atoms with Crippen LogP contribution in [0.5, 0.6) is 11.5 Å². The molecule has 1 unspecified atom stereocenters. The summed E-state index contributed by atoms with van der Waals surface area (Å²) in [5.74, 6) is 3.11. The van der Waals surface area contributed by atoms with Gasteiger partial charge in [-0.1, -0.05) is 5.16 Å². The van der Waals surface area contributed by atoms with Crippen molar-refractivity contribution in [3.8, 4) is 23.0 Å². The van der Waals surface area contributed by atoms with Crippen molar-refractivity contribution in [1.29, 1.82) is 0 Å². The second kappa shape index (κ2) is 10.3. The third-order valence-corrected chi connectivity index (χ3v) is 5.79. The number of rotatable bonds is 8. The van der Waals surface area contributed by atoms with Crippen molar-refractivity contribution in [2.45, 2.75) is 32.1 Å². The van der Waals surface area contributed by atoms with Gasteiger partial charge in [-0.3, -0.25) is 9.78 Å². The standard InChI is InChI=1S/C24H28N4O4/c1-30-20-11-18(12-21(14-20)31-2)13-23(29)28-10-4-5-17(16-28)7-8-22-26-24(32-27-22)19-6-3-9-25-15-19/h3,6,9,11-12,14-15,17H,4-5,7-8,10,13,16H2,1-2H3. The molecule has 168 valence electrons. The minimum Gasteiger partial charge on any atom is -0.497 e. The van der Waals surface area contributed by atoms with Crippen LogP contribution in [0.1, 0.15) is 30.7 Å². The Morgan fingerprint density at radius 2 is 2.03 bits per heavy atom. The van der Waals surface area contributed by atoms with Crippen molar-refractivity contribution in [3.05, 3.63) is 54.1 Å². The van der Waals surface area contributed by atoms with Crippen molar-refractivity contribution >= 4 is 5.91 Å². The lowest BCUT2D eigenvalue weighted by molar-refractivity contribution is -0.132. The summed E-state index contributed by atoms with van der Waals surface area (Å²) < 4.78 is 16.0. The Kier molecular flexibility index (Phi) is 6.99. The lowest BCUT2D eigenvalue weighted by Gasteiger charge is -2.33. The number of piperidine rings is 1. The average molecular weight is 437 g/mol. The Hall–Kier alpha value is -3.42. The van der Waals surface area contributed by atoms with Gasteiger partial charge in [-0.2, -0.15) is 4.98 Å². The molecule has 1 aromatic carbocycles. The number of carbonyl (C=O) groups excluding carboxylic acids is 1. The number of hydrogen-bond donors (Lipinski definition) is 0. The Morgan fingerprint density at radius 1 is 1.22 bits per heavy atom. The molecule has 1 aliphatic heterocycles. The molecule has 32 heavy (non-hydrogen) atoms. The topological polar surface area (TPSA) is 90.6 Å². The highest BCUT2D eigenvalue weighted by Crippen LogP contribution is 2.25. The molecule has 3 aromatic rings. The van der Waals surface area contributed by atoms with Gasteiger partial charge in [-0.05, 0) is 55.0 Å². The van der Waals surface area contributed by atoms with Crippen LogP contribution in [0.25, 0.3) is 11.5 Å². The molecular formula is C24H28N4O4. The van der Waals surface area contributed by atoms with Crippen LogP contribution in [-0.4, -0.2) is 53.2 Å². The molecular weight excluding hydrogens is 408 g/mol. The molecule has 0 spiro atoms. The van der Waals surface area contributed by atoms with E-state index in [0.29, 0.717) is 35.6 Å². The fraction of sp³-hybridized carbons (Fsp3) is 0.417. The van der Waals surface area contributed by atoms with Crippen LogP contribution in [0.2, 0.25) is 0 Å². The number of likely N-dealkylation sites (tertiary alicyclic amines) is 1. The van der Waals surface area contributed by atoms with Crippen LogP contribution < -0.4 is 9.47 Å². The number of benzene rings is 1. The van der Waals surface area contributed by atoms with Gasteiger partial charge in [0.05, 0.1) is 26.2 Å². The number of amides is 1. The quantitative estimate of drug-likeness (QED) is 0.533. The van der Waals surface area contributed by atoms with Gasteiger partial charge < -0.3 is 18.9 Å². The second-order valence-electron chi connectivity index (χ2n) is 8.04. The summed E-state index contributed by atoms with van der Waals surface area (Å²) >= 11 is 0. The van der Waals surface area contributed by atoms with Crippen molar-refractivity contribution in [2.75, 3.05) is 27.3 Å². The predicted molar refractivity (Wildman–Crippen MR) is 118 cm³/mol. The minimum absolute atomic E-state index is 0.128. The molecule has 0 aliphatic carbocycles. The summed E-state index contributed by atoms with van der Waals surface area (Å²) in [7, 11) is 3.22. The van der Waals surface area contributed by atoms with Crippen LogP contribution >= 0.6 is 0 Å². The predicted octanol–water partition coefficient (Wildman–Crippen LogP) is 3.56. The van der Waals surface area contributed by atoms with E-state index in [0.717, 1.165) is 49.9 Å². The second-order valence-corrected chi connectivity index (χ2v) is 8.04. The summed E-state index contributed by atoms with van der Waals surface area (Å²) in [6, 6.07) is 9.32. The molecule has 1 aliphatic rings. The highest BCUT2D eigenvalue weighted by Gasteiger charge is 2.24. The Labute approximate surface area is 187 Å². The molecule has 8 heteroatoms. The SMILES string of the molecule is COc1cc(CC(=O)N2CCCC(CCc3noc(-c4cccnc4)n3)C2)cc(OC)c1. The van der Waals surface area contributed by atoms with E-state index in [-0.39, 0.29) is 5.91 Å². The van der Waals surface area contributed by atoms with E-state index in [2.05, 4.69) is 15.1 Å². The monoisotopic (exact) mass is 436 g/mol. The summed E-state index contributed by atoms with van der Waals surface area (Å²) in [4.78, 5) is 23.5. The number of hydrogen-bond acceptors (Lipinski definition) is 7. The summed E-state index contributed by atoms with van der Waals surface area (Å²) in [5.41, 5.74) is 1.71. The molecule has 1 saturated heterocycles. The number of aromatic nitrogens is 3. The van der Waals surface area contributed by atoms with Crippen LogP contribution in [-0.2, 0) is 17.6 Å². The number of pyridine rings is 1. The van der Waals surface area contributed by atoms with Gasteiger partial charge in [-0.25, -0.2) is 0 Å². The van der Waals surface area contributed by atoms with Crippen LogP contribution in [0.4, 0.5) is 0 Å². The highest BCUT2D eigenvalue weighted by atomic mass is 16.5.